The molecule has 0 unspecified atom stereocenters. The van der Waals surface area contributed by atoms with E-state index in [4.69, 9.17) is 5.73 Å². The lowest BCUT2D eigenvalue weighted by Crippen LogP contribution is -2.66. The molecule has 2 heterocycles. The van der Waals surface area contributed by atoms with Crippen molar-refractivity contribution in [2.75, 3.05) is 53.4 Å². The van der Waals surface area contributed by atoms with Gasteiger partial charge in [-0.2, -0.15) is 0 Å². The van der Waals surface area contributed by atoms with Gasteiger partial charge >= 0.3 is 0 Å². The van der Waals surface area contributed by atoms with Gasteiger partial charge in [-0.05, 0) is 20.4 Å². The first kappa shape index (κ1) is 18.4. The van der Waals surface area contributed by atoms with E-state index in [0.29, 0.717) is 0 Å². The van der Waals surface area contributed by atoms with Gasteiger partial charge in [0.25, 0.3) is 0 Å². The molecule has 0 spiro atoms. The predicted molar refractivity (Wildman–Crippen MR) is 94.8 cm³/mol. The summed E-state index contributed by atoms with van der Waals surface area (Å²) in [6.45, 7) is 13.1. The second kappa shape index (κ2) is 7.32. The first-order valence-corrected chi connectivity index (χ1v) is 9.20. The summed E-state index contributed by atoms with van der Waals surface area (Å²) in [5.74, 6) is 0. The van der Waals surface area contributed by atoms with Crippen molar-refractivity contribution in [2.45, 2.75) is 39.3 Å². The highest BCUT2D eigenvalue weighted by Crippen LogP contribution is 2.19. The molecule has 1 aromatic rings. The van der Waals surface area contributed by atoms with Crippen LogP contribution in [0.3, 0.4) is 0 Å². The molecule has 23 heavy (non-hydrogen) atoms. The SMILES string of the molecule is CC(C)[N+]1(C)CC[N+](C)(CCC[n+]2cc(CCN)n(C)c2)CC1. The molecular weight excluding hydrogens is 286 g/mol. The normalized spacial score (nSPS) is 28.5. The number of hydrogen-bond donors (Lipinski definition) is 1. The maximum atomic E-state index is 5.67. The van der Waals surface area contributed by atoms with E-state index in [1.165, 1.54) is 53.8 Å². The molecule has 5 heteroatoms. The van der Waals surface area contributed by atoms with E-state index in [9.17, 15) is 0 Å². The number of aromatic nitrogens is 2. The Kier molecular flexibility index (Phi) is 5.87. The van der Waals surface area contributed by atoms with Gasteiger partial charge in [-0.25, -0.2) is 9.13 Å². The van der Waals surface area contributed by atoms with Crippen molar-refractivity contribution in [3.05, 3.63) is 18.2 Å². The number of rotatable bonds is 7. The van der Waals surface area contributed by atoms with E-state index in [1.54, 1.807) is 0 Å². The van der Waals surface area contributed by atoms with Crippen LogP contribution in [0.4, 0.5) is 0 Å². The lowest BCUT2D eigenvalue weighted by Gasteiger charge is -2.48. The number of hydrogen-bond acceptors (Lipinski definition) is 1. The van der Waals surface area contributed by atoms with Crippen molar-refractivity contribution >= 4 is 0 Å². The average molecular weight is 325 g/mol. The third-order valence-corrected chi connectivity index (χ3v) is 6.15. The van der Waals surface area contributed by atoms with Crippen LogP contribution in [0, 0.1) is 0 Å². The molecule has 1 aliphatic heterocycles. The maximum Gasteiger partial charge on any atom is 0.243 e. The maximum absolute atomic E-state index is 5.67. The average Bonchev–Trinajstić information content (AvgIpc) is 2.83. The second-order valence-electron chi connectivity index (χ2n) is 8.29. The minimum absolute atomic E-state index is 0.722. The lowest BCUT2D eigenvalue weighted by atomic mass is 10.1. The molecule has 0 bridgehead atoms. The zero-order chi connectivity index (χ0) is 17.1. The molecule has 0 radical (unpaired) electrons. The Hall–Kier alpha value is -0.910. The number of imidazole rings is 1. The van der Waals surface area contributed by atoms with E-state index < -0.39 is 0 Å². The number of likely N-dealkylation sites (N-methyl/N-ethyl adjacent to an activating group) is 2. The van der Waals surface area contributed by atoms with Crippen LogP contribution in [-0.4, -0.2) is 72.9 Å². The number of nitrogens with two attached hydrogens (primary N) is 1. The molecule has 0 aliphatic carbocycles. The van der Waals surface area contributed by atoms with Crippen molar-refractivity contribution < 1.29 is 13.5 Å². The van der Waals surface area contributed by atoms with Gasteiger partial charge < -0.3 is 14.7 Å². The Balaban J connectivity index is 1.81. The molecule has 0 aromatic carbocycles. The number of nitrogens with zero attached hydrogens (tertiary/aromatic N) is 4. The van der Waals surface area contributed by atoms with E-state index in [0.717, 1.165) is 25.6 Å². The first-order chi connectivity index (χ1) is 10.8. The van der Waals surface area contributed by atoms with Crippen LogP contribution in [0.25, 0.3) is 0 Å². The first-order valence-electron chi connectivity index (χ1n) is 9.20. The van der Waals surface area contributed by atoms with Crippen LogP contribution in [-0.2, 0) is 20.0 Å². The highest BCUT2D eigenvalue weighted by molar-refractivity contribution is 4.93. The van der Waals surface area contributed by atoms with Crippen LogP contribution in [0.2, 0.25) is 0 Å². The fourth-order valence-corrected chi connectivity index (χ4v) is 3.66. The molecule has 0 saturated carbocycles. The molecule has 132 valence electrons. The minimum atomic E-state index is 0.722. The third kappa shape index (κ3) is 4.55. The molecule has 1 aliphatic rings. The smallest absolute Gasteiger partial charge is 0.243 e. The van der Waals surface area contributed by atoms with Gasteiger partial charge in [0.15, 0.2) is 0 Å². The van der Waals surface area contributed by atoms with Gasteiger partial charge in [-0.1, -0.05) is 0 Å². The molecule has 1 aromatic heterocycles. The fourth-order valence-electron chi connectivity index (χ4n) is 3.66. The van der Waals surface area contributed by atoms with E-state index in [-0.39, 0.29) is 0 Å². The summed E-state index contributed by atoms with van der Waals surface area (Å²) in [4.78, 5) is 0. The zero-order valence-corrected chi connectivity index (χ0v) is 16.0. The van der Waals surface area contributed by atoms with Gasteiger partial charge in [-0.3, -0.25) is 0 Å². The molecule has 5 nitrogen and oxygen atoms in total. The third-order valence-electron chi connectivity index (χ3n) is 6.15. The van der Waals surface area contributed by atoms with Crippen molar-refractivity contribution in [1.29, 1.82) is 0 Å². The van der Waals surface area contributed by atoms with Crippen LogP contribution >= 0.6 is 0 Å². The monoisotopic (exact) mass is 324 g/mol. The standard InChI is InChI=1S/C18H38N5/c1-17(2)23(5)13-11-22(4,12-14-23)10-6-9-21-15-18(7-8-19)20(3)16-21/h15-17H,6-14,19H2,1-5H3/q+3. The summed E-state index contributed by atoms with van der Waals surface area (Å²) >= 11 is 0. The lowest BCUT2D eigenvalue weighted by molar-refractivity contribution is -1.02. The summed E-state index contributed by atoms with van der Waals surface area (Å²) < 4.78 is 7.01. The highest BCUT2D eigenvalue weighted by Gasteiger charge is 2.38. The van der Waals surface area contributed by atoms with Gasteiger partial charge in [0.1, 0.15) is 38.1 Å². The summed E-state index contributed by atoms with van der Waals surface area (Å²) in [6, 6.07) is 0.740. The molecule has 2 N–H and O–H groups in total. The highest BCUT2D eigenvalue weighted by atomic mass is 15.5. The van der Waals surface area contributed by atoms with E-state index >= 15 is 0 Å². The van der Waals surface area contributed by atoms with Crippen LogP contribution in [0.5, 0.6) is 0 Å². The quantitative estimate of drug-likeness (QED) is 0.576. The van der Waals surface area contributed by atoms with Crippen molar-refractivity contribution in [3.63, 3.8) is 0 Å². The Labute approximate surface area is 142 Å². The number of piperazine rings is 1. The van der Waals surface area contributed by atoms with Crippen molar-refractivity contribution in [3.8, 4) is 0 Å². The molecule has 1 saturated heterocycles. The van der Waals surface area contributed by atoms with Gasteiger partial charge in [0.05, 0.1) is 40.3 Å². The summed E-state index contributed by atoms with van der Waals surface area (Å²) in [5.41, 5.74) is 7.00. The van der Waals surface area contributed by atoms with Crippen molar-refractivity contribution in [2.24, 2.45) is 12.8 Å². The molecule has 1 fully saturated rings. The zero-order valence-electron chi connectivity index (χ0n) is 16.0. The molecule has 0 amide bonds. The minimum Gasteiger partial charge on any atom is -0.330 e. The topological polar surface area (TPSA) is 34.8 Å². The largest absolute Gasteiger partial charge is 0.330 e. The van der Waals surface area contributed by atoms with Crippen LogP contribution in [0.15, 0.2) is 12.5 Å². The Morgan fingerprint density at radius 1 is 1.22 bits per heavy atom. The molecular formula is C18H38N5+3. The van der Waals surface area contributed by atoms with Gasteiger partial charge in [0, 0.05) is 12.8 Å². The van der Waals surface area contributed by atoms with Gasteiger partial charge in [-0.15, -0.1) is 0 Å². The second-order valence-corrected chi connectivity index (χ2v) is 8.29. The van der Waals surface area contributed by atoms with Crippen LogP contribution in [0.1, 0.15) is 26.0 Å². The van der Waals surface area contributed by atoms with Gasteiger partial charge in [0.2, 0.25) is 6.33 Å². The summed E-state index contributed by atoms with van der Waals surface area (Å²) in [7, 11) is 6.98. The summed E-state index contributed by atoms with van der Waals surface area (Å²) in [5, 5.41) is 0. The number of quaternary nitrogens is 2. The van der Waals surface area contributed by atoms with E-state index in [1.807, 2.05) is 0 Å². The molecule has 2 rings (SSSR count). The Morgan fingerprint density at radius 3 is 2.43 bits per heavy atom. The Morgan fingerprint density at radius 2 is 1.87 bits per heavy atom. The van der Waals surface area contributed by atoms with Crippen LogP contribution < -0.4 is 10.3 Å². The number of aryl methyl sites for hydroxylation is 2. The predicted octanol–water partition coefficient (Wildman–Crippen LogP) is 0.519. The molecule has 0 atom stereocenters. The van der Waals surface area contributed by atoms with E-state index in [2.05, 4.69) is 56.6 Å². The van der Waals surface area contributed by atoms with Crippen molar-refractivity contribution in [1.82, 2.24) is 4.57 Å². The summed E-state index contributed by atoms with van der Waals surface area (Å²) in [6.07, 6.45) is 6.67. The fraction of sp³-hybridized carbons (Fsp3) is 0.833. The Bertz CT molecular complexity index is 498.